The van der Waals surface area contributed by atoms with E-state index in [1.807, 2.05) is 18.2 Å². The van der Waals surface area contributed by atoms with Crippen molar-refractivity contribution in [2.45, 2.75) is 13.2 Å². The molecule has 2 aromatic rings. The van der Waals surface area contributed by atoms with Crippen molar-refractivity contribution in [3.05, 3.63) is 63.9 Å². The Morgan fingerprint density at radius 2 is 1.89 bits per heavy atom. The molecular formula is C14H13BrFNO. The third-order valence-electron chi connectivity index (χ3n) is 2.59. The summed E-state index contributed by atoms with van der Waals surface area (Å²) in [5.41, 5.74) is 7.10. The van der Waals surface area contributed by atoms with Gasteiger partial charge >= 0.3 is 0 Å². The second kappa shape index (κ2) is 5.98. The highest BCUT2D eigenvalue weighted by Crippen LogP contribution is 2.23. The first-order valence-corrected chi connectivity index (χ1v) is 6.34. The quantitative estimate of drug-likeness (QED) is 0.936. The average molecular weight is 310 g/mol. The lowest BCUT2D eigenvalue weighted by atomic mass is 10.2. The van der Waals surface area contributed by atoms with Crippen LogP contribution in [0.2, 0.25) is 0 Å². The van der Waals surface area contributed by atoms with Crippen molar-refractivity contribution in [2.75, 3.05) is 0 Å². The van der Waals surface area contributed by atoms with E-state index >= 15 is 0 Å². The van der Waals surface area contributed by atoms with Gasteiger partial charge in [0.1, 0.15) is 18.2 Å². The molecule has 0 saturated carbocycles. The van der Waals surface area contributed by atoms with Gasteiger partial charge in [0.15, 0.2) is 0 Å². The smallest absolute Gasteiger partial charge is 0.129 e. The Hall–Kier alpha value is -1.39. The third kappa shape index (κ3) is 3.09. The van der Waals surface area contributed by atoms with Gasteiger partial charge in [-0.1, -0.05) is 34.1 Å². The van der Waals surface area contributed by atoms with E-state index in [0.717, 1.165) is 10.0 Å². The first-order chi connectivity index (χ1) is 8.70. The fourth-order valence-electron chi connectivity index (χ4n) is 1.57. The van der Waals surface area contributed by atoms with Crippen molar-refractivity contribution in [1.82, 2.24) is 0 Å². The molecule has 0 atom stereocenters. The molecule has 18 heavy (non-hydrogen) atoms. The fraction of sp³-hybridized carbons (Fsp3) is 0.143. The normalized spacial score (nSPS) is 10.4. The predicted molar refractivity (Wildman–Crippen MR) is 72.8 cm³/mol. The highest BCUT2D eigenvalue weighted by atomic mass is 79.9. The molecule has 0 saturated heterocycles. The first-order valence-electron chi connectivity index (χ1n) is 5.55. The van der Waals surface area contributed by atoms with Crippen LogP contribution in [-0.4, -0.2) is 0 Å². The molecule has 0 unspecified atom stereocenters. The Morgan fingerprint density at radius 3 is 2.61 bits per heavy atom. The minimum Gasteiger partial charge on any atom is -0.489 e. The number of halogens is 2. The van der Waals surface area contributed by atoms with E-state index < -0.39 is 0 Å². The zero-order valence-corrected chi connectivity index (χ0v) is 11.3. The van der Waals surface area contributed by atoms with Crippen LogP contribution in [0.3, 0.4) is 0 Å². The van der Waals surface area contributed by atoms with E-state index in [-0.39, 0.29) is 12.4 Å². The summed E-state index contributed by atoms with van der Waals surface area (Å²) in [6, 6.07) is 12.1. The molecule has 0 radical (unpaired) electrons. The second-order valence-corrected chi connectivity index (χ2v) is 4.69. The number of hydrogen-bond acceptors (Lipinski definition) is 2. The highest BCUT2D eigenvalue weighted by molar-refractivity contribution is 9.10. The van der Waals surface area contributed by atoms with E-state index in [4.69, 9.17) is 10.5 Å². The standard InChI is InChI=1S/C14H13BrFNO/c15-13-6-5-12(7-11(13)8-17)18-9-10-3-1-2-4-14(10)16/h1-7H,8-9,17H2. The minimum absolute atomic E-state index is 0.207. The molecule has 2 aromatic carbocycles. The number of ether oxygens (including phenoxy) is 1. The van der Waals surface area contributed by atoms with Gasteiger partial charge in [-0.15, -0.1) is 0 Å². The summed E-state index contributed by atoms with van der Waals surface area (Å²) in [6.07, 6.45) is 0. The summed E-state index contributed by atoms with van der Waals surface area (Å²) < 4.78 is 19.9. The van der Waals surface area contributed by atoms with Crippen LogP contribution in [0.1, 0.15) is 11.1 Å². The molecule has 0 bridgehead atoms. The summed E-state index contributed by atoms with van der Waals surface area (Å²) in [6.45, 7) is 0.635. The largest absolute Gasteiger partial charge is 0.489 e. The van der Waals surface area contributed by atoms with Gasteiger partial charge in [0, 0.05) is 16.6 Å². The lowest BCUT2D eigenvalue weighted by molar-refractivity contribution is 0.299. The predicted octanol–water partition coefficient (Wildman–Crippen LogP) is 3.63. The number of nitrogens with two attached hydrogens (primary N) is 1. The molecular weight excluding hydrogens is 297 g/mol. The lowest BCUT2D eigenvalue weighted by Gasteiger charge is -2.09. The zero-order chi connectivity index (χ0) is 13.0. The Morgan fingerprint density at radius 1 is 1.11 bits per heavy atom. The SMILES string of the molecule is NCc1cc(OCc2ccccc2F)ccc1Br. The molecule has 0 aliphatic carbocycles. The first kappa shape index (κ1) is 13.1. The van der Waals surface area contributed by atoms with E-state index in [2.05, 4.69) is 15.9 Å². The Balaban J connectivity index is 2.09. The van der Waals surface area contributed by atoms with E-state index in [9.17, 15) is 4.39 Å². The van der Waals surface area contributed by atoms with Crippen molar-refractivity contribution in [3.63, 3.8) is 0 Å². The molecule has 0 aliphatic rings. The molecule has 0 aliphatic heterocycles. The number of benzene rings is 2. The zero-order valence-electron chi connectivity index (χ0n) is 9.70. The monoisotopic (exact) mass is 309 g/mol. The van der Waals surface area contributed by atoms with E-state index in [1.54, 1.807) is 18.2 Å². The van der Waals surface area contributed by atoms with Crippen molar-refractivity contribution in [3.8, 4) is 5.75 Å². The van der Waals surface area contributed by atoms with Crippen LogP contribution < -0.4 is 10.5 Å². The molecule has 0 amide bonds. The van der Waals surface area contributed by atoms with Gasteiger partial charge in [-0.2, -0.15) is 0 Å². The second-order valence-electron chi connectivity index (χ2n) is 3.84. The Kier molecular flexibility index (Phi) is 4.33. The van der Waals surface area contributed by atoms with Crippen LogP contribution >= 0.6 is 15.9 Å². The molecule has 94 valence electrons. The van der Waals surface area contributed by atoms with Gasteiger partial charge in [0.05, 0.1) is 0 Å². The summed E-state index contributed by atoms with van der Waals surface area (Å²) in [4.78, 5) is 0. The molecule has 0 heterocycles. The molecule has 2 nitrogen and oxygen atoms in total. The number of rotatable bonds is 4. The molecule has 2 rings (SSSR count). The Bertz CT molecular complexity index is 545. The summed E-state index contributed by atoms with van der Waals surface area (Å²) in [7, 11) is 0. The molecule has 2 N–H and O–H groups in total. The maximum atomic E-state index is 13.4. The van der Waals surface area contributed by atoms with Crippen LogP contribution in [0.15, 0.2) is 46.9 Å². The maximum Gasteiger partial charge on any atom is 0.129 e. The summed E-state index contributed by atoms with van der Waals surface area (Å²) in [5.74, 6) is 0.426. The maximum absolute atomic E-state index is 13.4. The van der Waals surface area contributed by atoms with Crippen molar-refractivity contribution in [2.24, 2.45) is 5.73 Å². The highest BCUT2D eigenvalue weighted by Gasteiger charge is 2.04. The molecule has 0 spiro atoms. The number of hydrogen-bond donors (Lipinski definition) is 1. The van der Waals surface area contributed by atoms with Crippen molar-refractivity contribution >= 4 is 15.9 Å². The van der Waals surface area contributed by atoms with Crippen molar-refractivity contribution in [1.29, 1.82) is 0 Å². The van der Waals surface area contributed by atoms with Gasteiger partial charge in [-0.05, 0) is 29.8 Å². The lowest BCUT2D eigenvalue weighted by Crippen LogP contribution is -2.01. The van der Waals surface area contributed by atoms with Crippen LogP contribution in [-0.2, 0) is 13.2 Å². The van der Waals surface area contributed by atoms with E-state index in [1.165, 1.54) is 6.07 Å². The fourth-order valence-corrected chi connectivity index (χ4v) is 1.98. The van der Waals surface area contributed by atoms with Crippen molar-refractivity contribution < 1.29 is 9.13 Å². The van der Waals surface area contributed by atoms with Gasteiger partial charge in [-0.3, -0.25) is 0 Å². The topological polar surface area (TPSA) is 35.2 Å². The molecule has 0 aromatic heterocycles. The Labute approximate surface area is 114 Å². The third-order valence-corrected chi connectivity index (χ3v) is 3.36. The molecule has 0 fully saturated rings. The minimum atomic E-state index is -0.256. The van der Waals surface area contributed by atoms with Crippen LogP contribution in [0.5, 0.6) is 5.75 Å². The van der Waals surface area contributed by atoms with Gasteiger partial charge in [-0.25, -0.2) is 4.39 Å². The average Bonchev–Trinajstić information content (AvgIpc) is 2.39. The van der Waals surface area contributed by atoms with Crippen LogP contribution in [0.4, 0.5) is 4.39 Å². The van der Waals surface area contributed by atoms with Gasteiger partial charge in [0.25, 0.3) is 0 Å². The summed E-state index contributed by atoms with van der Waals surface area (Å²) in [5, 5.41) is 0. The van der Waals surface area contributed by atoms with Crippen LogP contribution in [0, 0.1) is 5.82 Å². The van der Waals surface area contributed by atoms with E-state index in [0.29, 0.717) is 17.9 Å². The van der Waals surface area contributed by atoms with Gasteiger partial charge in [0.2, 0.25) is 0 Å². The molecule has 4 heteroatoms. The van der Waals surface area contributed by atoms with Crippen LogP contribution in [0.25, 0.3) is 0 Å². The van der Waals surface area contributed by atoms with Gasteiger partial charge < -0.3 is 10.5 Å². The summed E-state index contributed by atoms with van der Waals surface area (Å²) >= 11 is 3.40.